The molecule has 1 heterocycles. The van der Waals surface area contributed by atoms with Crippen molar-refractivity contribution in [2.24, 2.45) is 11.8 Å². The van der Waals surface area contributed by atoms with Crippen molar-refractivity contribution in [3.63, 3.8) is 0 Å². The molecule has 0 radical (unpaired) electrons. The van der Waals surface area contributed by atoms with Gasteiger partial charge in [-0.1, -0.05) is 6.92 Å². The average Bonchev–Trinajstić information content (AvgIpc) is 2.18. The van der Waals surface area contributed by atoms with E-state index in [1.165, 1.54) is 0 Å². The van der Waals surface area contributed by atoms with Gasteiger partial charge in [0.25, 0.3) is 0 Å². The van der Waals surface area contributed by atoms with Gasteiger partial charge in [-0.3, -0.25) is 10.2 Å². The number of hydrazine groups is 1. The molecule has 1 rings (SSSR count). The topological polar surface area (TPSA) is 70.4 Å². The minimum absolute atomic E-state index is 0.0249. The Labute approximate surface area is 78.6 Å². The predicted molar refractivity (Wildman–Crippen MR) is 50.8 cm³/mol. The van der Waals surface area contributed by atoms with E-state index in [1.807, 2.05) is 6.92 Å². The van der Waals surface area contributed by atoms with Gasteiger partial charge in [-0.05, 0) is 0 Å². The Bertz CT molecular complexity index is 168. The van der Waals surface area contributed by atoms with Gasteiger partial charge >= 0.3 is 0 Å². The molecule has 1 atom stereocenters. The van der Waals surface area contributed by atoms with E-state index in [0.717, 1.165) is 32.7 Å². The molecule has 0 aliphatic carbocycles. The van der Waals surface area contributed by atoms with E-state index in [9.17, 15) is 4.79 Å². The second-order valence-corrected chi connectivity index (χ2v) is 3.46. The Hall–Kier alpha value is -0.650. The fourth-order valence-corrected chi connectivity index (χ4v) is 1.51. The van der Waals surface area contributed by atoms with Gasteiger partial charge < -0.3 is 10.2 Å². The first-order valence-corrected chi connectivity index (χ1v) is 4.67. The second kappa shape index (κ2) is 5.16. The molecule has 4 N–H and O–H groups in total. The van der Waals surface area contributed by atoms with E-state index in [0.29, 0.717) is 0 Å². The molecule has 5 nitrogen and oxygen atoms in total. The molecule has 76 valence electrons. The van der Waals surface area contributed by atoms with E-state index < -0.39 is 0 Å². The number of carbonyl (C=O) groups excluding carboxylic acids is 1. The Kier molecular flexibility index (Phi) is 4.14. The molecule has 0 aromatic rings. The molecule has 0 saturated carbocycles. The van der Waals surface area contributed by atoms with Crippen LogP contribution in [0.25, 0.3) is 0 Å². The van der Waals surface area contributed by atoms with E-state index >= 15 is 0 Å². The first-order valence-electron chi connectivity index (χ1n) is 4.67. The van der Waals surface area contributed by atoms with Gasteiger partial charge in [0.1, 0.15) is 0 Å². The van der Waals surface area contributed by atoms with Crippen molar-refractivity contribution >= 4 is 5.91 Å². The number of nitrogens with two attached hydrogens (primary N) is 1. The van der Waals surface area contributed by atoms with Gasteiger partial charge in [-0.2, -0.15) is 0 Å². The van der Waals surface area contributed by atoms with Crippen molar-refractivity contribution in [1.29, 1.82) is 0 Å². The maximum absolute atomic E-state index is 11.1. The molecule has 1 aliphatic rings. The van der Waals surface area contributed by atoms with Crippen LogP contribution in [0.1, 0.15) is 6.92 Å². The summed E-state index contributed by atoms with van der Waals surface area (Å²) in [7, 11) is 0. The molecule has 0 spiro atoms. The SMILES string of the molecule is CC(CN1CCNCC1)C(=O)NN. The van der Waals surface area contributed by atoms with E-state index in [2.05, 4.69) is 15.6 Å². The third kappa shape index (κ3) is 3.30. The summed E-state index contributed by atoms with van der Waals surface area (Å²) in [5.74, 6) is 4.94. The van der Waals surface area contributed by atoms with E-state index in [1.54, 1.807) is 0 Å². The number of nitrogens with one attached hydrogen (secondary N) is 2. The first kappa shape index (κ1) is 10.4. The highest BCUT2D eigenvalue weighted by molar-refractivity contribution is 5.77. The molecule has 0 aromatic heterocycles. The second-order valence-electron chi connectivity index (χ2n) is 3.46. The summed E-state index contributed by atoms with van der Waals surface area (Å²) in [5, 5.41) is 3.26. The minimum Gasteiger partial charge on any atom is -0.314 e. The average molecular weight is 186 g/mol. The van der Waals surface area contributed by atoms with Crippen LogP contribution in [0.3, 0.4) is 0 Å². The van der Waals surface area contributed by atoms with Crippen molar-refractivity contribution < 1.29 is 4.79 Å². The summed E-state index contributed by atoms with van der Waals surface area (Å²) < 4.78 is 0. The fraction of sp³-hybridized carbons (Fsp3) is 0.875. The van der Waals surface area contributed by atoms with Gasteiger partial charge in [0.05, 0.1) is 0 Å². The molecule has 1 saturated heterocycles. The van der Waals surface area contributed by atoms with Crippen LogP contribution in [0.2, 0.25) is 0 Å². The van der Waals surface area contributed by atoms with Crippen LogP contribution in [-0.4, -0.2) is 43.5 Å². The largest absolute Gasteiger partial charge is 0.314 e. The first-order chi connectivity index (χ1) is 6.24. The molecule has 1 unspecified atom stereocenters. The minimum atomic E-state index is -0.0847. The number of nitrogens with zero attached hydrogens (tertiary/aromatic N) is 1. The molecule has 0 aromatic carbocycles. The number of carbonyl (C=O) groups is 1. The summed E-state index contributed by atoms with van der Waals surface area (Å²) in [4.78, 5) is 13.4. The van der Waals surface area contributed by atoms with Crippen LogP contribution in [-0.2, 0) is 4.79 Å². The van der Waals surface area contributed by atoms with Gasteiger partial charge in [0.15, 0.2) is 0 Å². The van der Waals surface area contributed by atoms with Crippen molar-refractivity contribution in [3.05, 3.63) is 0 Å². The molecule has 0 bridgehead atoms. The zero-order chi connectivity index (χ0) is 9.68. The third-order valence-electron chi connectivity index (χ3n) is 2.33. The van der Waals surface area contributed by atoms with Crippen LogP contribution in [0.5, 0.6) is 0 Å². The lowest BCUT2D eigenvalue weighted by Crippen LogP contribution is -2.47. The smallest absolute Gasteiger partial charge is 0.237 e. The molecular weight excluding hydrogens is 168 g/mol. The van der Waals surface area contributed by atoms with Crippen molar-refractivity contribution in [3.8, 4) is 0 Å². The number of hydrogen-bond donors (Lipinski definition) is 3. The lowest BCUT2D eigenvalue weighted by molar-refractivity contribution is -0.125. The zero-order valence-electron chi connectivity index (χ0n) is 8.05. The molecular formula is C8H18N4O. The van der Waals surface area contributed by atoms with Gasteiger partial charge in [0, 0.05) is 38.6 Å². The highest BCUT2D eigenvalue weighted by Gasteiger charge is 2.17. The quantitative estimate of drug-likeness (QED) is 0.285. The molecule has 1 aliphatic heterocycles. The highest BCUT2D eigenvalue weighted by Crippen LogP contribution is 2.00. The third-order valence-corrected chi connectivity index (χ3v) is 2.33. The van der Waals surface area contributed by atoms with Crippen LogP contribution in [0, 0.1) is 5.92 Å². The maximum Gasteiger partial charge on any atom is 0.237 e. The highest BCUT2D eigenvalue weighted by atomic mass is 16.2. The summed E-state index contributed by atoms with van der Waals surface area (Å²) in [6.07, 6.45) is 0. The zero-order valence-corrected chi connectivity index (χ0v) is 8.05. The standard InChI is InChI=1S/C8H18N4O/c1-7(8(13)11-9)6-12-4-2-10-3-5-12/h7,10H,2-6,9H2,1H3,(H,11,13). The molecule has 1 amide bonds. The van der Waals surface area contributed by atoms with Gasteiger partial charge in [-0.15, -0.1) is 0 Å². The fourth-order valence-electron chi connectivity index (χ4n) is 1.51. The van der Waals surface area contributed by atoms with Crippen molar-refractivity contribution in [2.45, 2.75) is 6.92 Å². The molecule has 1 fully saturated rings. The summed E-state index contributed by atoms with van der Waals surface area (Å²) >= 11 is 0. The Morgan fingerprint density at radius 1 is 1.62 bits per heavy atom. The lowest BCUT2D eigenvalue weighted by Gasteiger charge is -2.28. The van der Waals surface area contributed by atoms with Crippen molar-refractivity contribution in [2.75, 3.05) is 32.7 Å². The van der Waals surface area contributed by atoms with Gasteiger partial charge in [-0.25, -0.2) is 5.84 Å². The Morgan fingerprint density at radius 3 is 2.77 bits per heavy atom. The van der Waals surface area contributed by atoms with Crippen LogP contribution in [0.15, 0.2) is 0 Å². The number of piperazine rings is 1. The van der Waals surface area contributed by atoms with Crippen LogP contribution in [0.4, 0.5) is 0 Å². The number of amides is 1. The normalized spacial score (nSPS) is 21.1. The molecule has 13 heavy (non-hydrogen) atoms. The number of hydrogen-bond acceptors (Lipinski definition) is 4. The van der Waals surface area contributed by atoms with Crippen LogP contribution >= 0.6 is 0 Å². The monoisotopic (exact) mass is 186 g/mol. The summed E-state index contributed by atoms with van der Waals surface area (Å²) in [5.41, 5.74) is 2.17. The predicted octanol–water partition coefficient (Wildman–Crippen LogP) is -1.48. The summed E-state index contributed by atoms with van der Waals surface area (Å²) in [6, 6.07) is 0. The lowest BCUT2D eigenvalue weighted by atomic mass is 10.1. The van der Waals surface area contributed by atoms with Crippen LogP contribution < -0.4 is 16.6 Å². The number of rotatable bonds is 3. The summed E-state index contributed by atoms with van der Waals surface area (Å²) in [6.45, 7) is 6.74. The van der Waals surface area contributed by atoms with Gasteiger partial charge in [0.2, 0.25) is 5.91 Å². The Balaban J connectivity index is 2.25. The molecule has 5 heteroatoms. The maximum atomic E-state index is 11.1. The van der Waals surface area contributed by atoms with Crippen molar-refractivity contribution in [1.82, 2.24) is 15.6 Å². The van der Waals surface area contributed by atoms with E-state index in [4.69, 9.17) is 5.84 Å². The Morgan fingerprint density at radius 2 is 2.23 bits per heavy atom. The van der Waals surface area contributed by atoms with E-state index in [-0.39, 0.29) is 11.8 Å².